The van der Waals surface area contributed by atoms with Gasteiger partial charge in [0.15, 0.2) is 0 Å². The summed E-state index contributed by atoms with van der Waals surface area (Å²) in [4.78, 5) is 8.62. The minimum atomic E-state index is 0.444. The number of halogens is 1. The molecule has 1 aromatic carbocycles. The lowest BCUT2D eigenvalue weighted by molar-refractivity contribution is 0.414. The third kappa shape index (κ3) is 2.78. The second-order valence-corrected chi connectivity index (χ2v) is 5.06. The van der Waals surface area contributed by atoms with Crippen molar-refractivity contribution in [3.63, 3.8) is 0 Å². The van der Waals surface area contributed by atoms with Crippen LogP contribution in [0.5, 0.6) is 5.75 Å². The largest absolute Gasteiger partial charge is 0.497 e. The first-order valence-electron chi connectivity index (χ1n) is 6.55. The van der Waals surface area contributed by atoms with Crippen LogP contribution in [0.15, 0.2) is 36.5 Å². The number of nitrogens with one attached hydrogen (secondary N) is 1. The molecular weight excluding hydrogens is 288 g/mol. The Kier molecular flexibility index (Phi) is 3.66. The van der Waals surface area contributed by atoms with Crippen LogP contribution in [0.1, 0.15) is 11.4 Å². The molecule has 0 unspecified atom stereocenters. The lowest BCUT2D eigenvalue weighted by Crippen LogP contribution is -2.07. The molecule has 5 nitrogen and oxygen atoms in total. The SMILES string of the molecule is COc1ccc(CNc2nc(Cl)cc3cnc(C)n23)cc1. The molecular formula is C15H15ClN4O. The van der Waals surface area contributed by atoms with E-state index in [9.17, 15) is 0 Å². The van der Waals surface area contributed by atoms with E-state index in [1.54, 1.807) is 19.4 Å². The summed E-state index contributed by atoms with van der Waals surface area (Å²) in [6.45, 7) is 2.57. The average Bonchev–Trinajstić information content (AvgIpc) is 2.86. The molecule has 0 atom stereocenters. The minimum Gasteiger partial charge on any atom is -0.497 e. The summed E-state index contributed by atoms with van der Waals surface area (Å²) in [7, 11) is 1.65. The van der Waals surface area contributed by atoms with Gasteiger partial charge in [-0.2, -0.15) is 0 Å². The number of aromatic nitrogens is 3. The van der Waals surface area contributed by atoms with Crippen LogP contribution in [0.2, 0.25) is 5.15 Å². The molecule has 21 heavy (non-hydrogen) atoms. The monoisotopic (exact) mass is 302 g/mol. The molecule has 3 rings (SSSR count). The van der Waals surface area contributed by atoms with Crippen LogP contribution in [0.4, 0.5) is 5.95 Å². The van der Waals surface area contributed by atoms with Crippen molar-refractivity contribution in [3.05, 3.63) is 53.1 Å². The van der Waals surface area contributed by atoms with Crippen LogP contribution in [-0.2, 0) is 6.54 Å². The van der Waals surface area contributed by atoms with Gasteiger partial charge in [0.25, 0.3) is 0 Å². The Balaban J connectivity index is 1.85. The van der Waals surface area contributed by atoms with E-state index in [-0.39, 0.29) is 0 Å². The quantitative estimate of drug-likeness (QED) is 0.751. The van der Waals surface area contributed by atoms with Crippen molar-refractivity contribution in [2.75, 3.05) is 12.4 Å². The van der Waals surface area contributed by atoms with Gasteiger partial charge in [0, 0.05) is 12.6 Å². The number of methoxy groups -OCH3 is 1. The van der Waals surface area contributed by atoms with Gasteiger partial charge in [-0.25, -0.2) is 9.97 Å². The van der Waals surface area contributed by atoms with Crippen LogP contribution in [-0.4, -0.2) is 21.5 Å². The number of imidazole rings is 1. The van der Waals surface area contributed by atoms with E-state index in [0.717, 1.165) is 22.7 Å². The molecule has 0 aliphatic carbocycles. The van der Waals surface area contributed by atoms with E-state index in [1.165, 1.54) is 0 Å². The van der Waals surface area contributed by atoms with Crippen LogP contribution >= 0.6 is 11.6 Å². The third-order valence-electron chi connectivity index (χ3n) is 3.27. The van der Waals surface area contributed by atoms with Crippen LogP contribution in [0.3, 0.4) is 0 Å². The van der Waals surface area contributed by atoms with E-state index in [1.807, 2.05) is 35.6 Å². The Bertz CT molecular complexity index is 767. The number of hydrogen-bond acceptors (Lipinski definition) is 4. The number of ether oxygens (including phenoxy) is 1. The van der Waals surface area contributed by atoms with Gasteiger partial charge in [-0.1, -0.05) is 23.7 Å². The lowest BCUT2D eigenvalue weighted by Gasteiger charge is -2.10. The zero-order valence-corrected chi connectivity index (χ0v) is 12.6. The number of nitrogens with zero attached hydrogens (tertiary/aromatic N) is 3. The molecule has 0 aliphatic rings. The first kappa shape index (κ1) is 13.7. The number of anilines is 1. The molecule has 3 aromatic rings. The molecule has 0 amide bonds. The third-order valence-corrected chi connectivity index (χ3v) is 3.46. The average molecular weight is 303 g/mol. The fourth-order valence-electron chi connectivity index (χ4n) is 2.19. The summed E-state index contributed by atoms with van der Waals surface area (Å²) < 4.78 is 7.09. The first-order chi connectivity index (χ1) is 10.2. The van der Waals surface area contributed by atoms with Gasteiger partial charge in [0.1, 0.15) is 16.7 Å². The number of aryl methyl sites for hydroxylation is 1. The van der Waals surface area contributed by atoms with Crippen molar-refractivity contribution in [1.29, 1.82) is 0 Å². The van der Waals surface area contributed by atoms with E-state index in [2.05, 4.69) is 15.3 Å². The van der Waals surface area contributed by atoms with E-state index < -0.39 is 0 Å². The van der Waals surface area contributed by atoms with Crippen molar-refractivity contribution in [2.24, 2.45) is 0 Å². The summed E-state index contributed by atoms with van der Waals surface area (Å²) in [6, 6.07) is 9.67. The molecule has 1 N–H and O–H groups in total. The van der Waals surface area contributed by atoms with Gasteiger partial charge >= 0.3 is 0 Å². The van der Waals surface area contributed by atoms with Crippen LogP contribution < -0.4 is 10.1 Å². The van der Waals surface area contributed by atoms with E-state index >= 15 is 0 Å². The number of rotatable bonds is 4. The summed E-state index contributed by atoms with van der Waals surface area (Å²) in [6.07, 6.45) is 1.78. The molecule has 0 saturated carbocycles. The molecule has 2 heterocycles. The highest BCUT2D eigenvalue weighted by Crippen LogP contribution is 2.19. The van der Waals surface area contributed by atoms with Gasteiger partial charge in [-0.3, -0.25) is 4.40 Å². The highest BCUT2D eigenvalue weighted by Gasteiger charge is 2.08. The predicted octanol–water partition coefficient (Wildman–Crippen LogP) is 3.31. The second kappa shape index (κ2) is 5.61. The smallest absolute Gasteiger partial charge is 0.210 e. The Morgan fingerprint density at radius 2 is 2.05 bits per heavy atom. The van der Waals surface area contributed by atoms with Gasteiger partial charge in [0.2, 0.25) is 5.95 Å². The van der Waals surface area contributed by atoms with Crippen molar-refractivity contribution in [2.45, 2.75) is 13.5 Å². The molecule has 6 heteroatoms. The summed E-state index contributed by atoms with van der Waals surface area (Å²) in [5.74, 6) is 2.39. The maximum atomic E-state index is 6.05. The topological polar surface area (TPSA) is 51.5 Å². The lowest BCUT2D eigenvalue weighted by atomic mass is 10.2. The summed E-state index contributed by atoms with van der Waals surface area (Å²) >= 11 is 6.05. The van der Waals surface area contributed by atoms with Gasteiger partial charge < -0.3 is 10.1 Å². The summed E-state index contributed by atoms with van der Waals surface area (Å²) in [5, 5.41) is 3.74. The maximum Gasteiger partial charge on any atom is 0.210 e. The van der Waals surface area contributed by atoms with E-state index in [0.29, 0.717) is 17.6 Å². The Hall–Kier alpha value is -2.27. The van der Waals surface area contributed by atoms with E-state index in [4.69, 9.17) is 16.3 Å². The predicted molar refractivity (Wildman–Crippen MR) is 83.1 cm³/mol. The zero-order valence-electron chi connectivity index (χ0n) is 11.8. The van der Waals surface area contributed by atoms with Gasteiger partial charge in [0.05, 0.1) is 18.8 Å². The van der Waals surface area contributed by atoms with Crippen molar-refractivity contribution >= 4 is 23.1 Å². The molecule has 0 saturated heterocycles. The molecule has 108 valence electrons. The summed E-state index contributed by atoms with van der Waals surface area (Å²) in [5.41, 5.74) is 2.05. The van der Waals surface area contributed by atoms with Crippen molar-refractivity contribution in [3.8, 4) is 5.75 Å². The van der Waals surface area contributed by atoms with Gasteiger partial charge in [-0.15, -0.1) is 0 Å². The minimum absolute atomic E-state index is 0.444. The normalized spacial score (nSPS) is 10.8. The molecule has 0 bridgehead atoms. The highest BCUT2D eigenvalue weighted by molar-refractivity contribution is 6.29. The fourth-order valence-corrected chi connectivity index (χ4v) is 2.38. The number of benzene rings is 1. The highest BCUT2D eigenvalue weighted by atomic mass is 35.5. The Labute approximate surface area is 127 Å². The standard InChI is InChI=1S/C15H15ClN4O/c1-10-17-9-12-7-14(16)19-15(20(10)12)18-8-11-3-5-13(21-2)6-4-11/h3-7,9H,8H2,1-2H3,(H,18,19). The molecule has 2 aromatic heterocycles. The Morgan fingerprint density at radius 1 is 1.29 bits per heavy atom. The molecule has 0 aliphatic heterocycles. The van der Waals surface area contributed by atoms with Crippen LogP contribution in [0, 0.1) is 6.92 Å². The zero-order chi connectivity index (χ0) is 14.8. The molecule has 0 fully saturated rings. The fraction of sp³-hybridized carbons (Fsp3) is 0.200. The maximum absolute atomic E-state index is 6.05. The molecule has 0 spiro atoms. The van der Waals surface area contributed by atoms with Crippen LogP contribution in [0.25, 0.3) is 5.52 Å². The van der Waals surface area contributed by atoms with Crippen molar-refractivity contribution < 1.29 is 4.74 Å². The number of fused-ring (bicyclic) bond motifs is 1. The number of hydrogen-bond donors (Lipinski definition) is 1. The van der Waals surface area contributed by atoms with Gasteiger partial charge in [-0.05, 0) is 24.6 Å². The Morgan fingerprint density at radius 3 is 2.76 bits per heavy atom. The van der Waals surface area contributed by atoms with Crippen molar-refractivity contribution in [1.82, 2.24) is 14.4 Å². The molecule has 0 radical (unpaired) electrons. The first-order valence-corrected chi connectivity index (χ1v) is 6.92. The second-order valence-electron chi connectivity index (χ2n) is 4.67.